The lowest BCUT2D eigenvalue weighted by atomic mass is 10.1. The number of nitrogens with one attached hydrogen (secondary N) is 1. The summed E-state index contributed by atoms with van der Waals surface area (Å²) in [6.07, 6.45) is 2.81. The highest BCUT2D eigenvalue weighted by molar-refractivity contribution is 6.30. The van der Waals surface area contributed by atoms with E-state index in [1.54, 1.807) is 31.3 Å². The monoisotopic (exact) mass is 422 g/mol. The van der Waals surface area contributed by atoms with Crippen LogP contribution in [-0.2, 0) is 19.5 Å². The van der Waals surface area contributed by atoms with Crippen molar-refractivity contribution >= 4 is 29.2 Å². The van der Waals surface area contributed by atoms with Gasteiger partial charge in [-0.2, -0.15) is 0 Å². The Morgan fingerprint density at radius 2 is 1.83 bits per heavy atom. The molecule has 0 aliphatic carbocycles. The maximum Gasteiger partial charge on any atom is 0.272 e. The SMILES string of the molecule is CN(C(=O)c1ccccc1)c1nc2n(c1C(=O)NCc1ccc(Cl)cc1)CCCC2. The third kappa shape index (κ3) is 4.09. The van der Waals surface area contributed by atoms with Gasteiger partial charge in [0.05, 0.1) is 0 Å². The summed E-state index contributed by atoms with van der Waals surface area (Å²) in [6, 6.07) is 16.4. The largest absolute Gasteiger partial charge is 0.347 e. The maximum absolute atomic E-state index is 13.2. The van der Waals surface area contributed by atoms with Crippen molar-refractivity contribution in [2.45, 2.75) is 32.4 Å². The van der Waals surface area contributed by atoms with Gasteiger partial charge in [0.15, 0.2) is 11.5 Å². The van der Waals surface area contributed by atoms with Gasteiger partial charge in [-0.25, -0.2) is 4.98 Å². The molecule has 4 rings (SSSR count). The summed E-state index contributed by atoms with van der Waals surface area (Å²) in [5, 5.41) is 3.62. The Bertz CT molecular complexity index is 1060. The zero-order valence-corrected chi connectivity index (χ0v) is 17.5. The van der Waals surface area contributed by atoms with Crippen molar-refractivity contribution in [2.75, 3.05) is 11.9 Å². The summed E-state index contributed by atoms with van der Waals surface area (Å²) < 4.78 is 1.95. The molecule has 0 bridgehead atoms. The average molecular weight is 423 g/mol. The van der Waals surface area contributed by atoms with Gasteiger partial charge in [0.2, 0.25) is 0 Å². The van der Waals surface area contributed by atoms with Gasteiger partial charge in [-0.3, -0.25) is 14.5 Å². The first-order valence-electron chi connectivity index (χ1n) is 10.00. The molecule has 0 atom stereocenters. The standard InChI is InChI=1S/C23H23ClN4O2/c1-27(23(30)17-7-3-2-4-8-17)21-20(28-14-6-5-9-19(28)26-21)22(29)25-15-16-10-12-18(24)13-11-16/h2-4,7-8,10-13H,5-6,9,14-15H2,1H3,(H,25,29). The van der Waals surface area contributed by atoms with Crippen LogP contribution in [0.4, 0.5) is 5.82 Å². The Kier molecular flexibility index (Phi) is 5.86. The van der Waals surface area contributed by atoms with Crippen LogP contribution in [0.15, 0.2) is 54.6 Å². The van der Waals surface area contributed by atoms with Gasteiger partial charge in [0.25, 0.3) is 11.8 Å². The Hall–Kier alpha value is -3.12. The summed E-state index contributed by atoms with van der Waals surface area (Å²) in [5.74, 6) is 0.807. The van der Waals surface area contributed by atoms with E-state index >= 15 is 0 Å². The number of carbonyl (C=O) groups is 2. The minimum atomic E-state index is -0.242. The van der Waals surface area contributed by atoms with E-state index in [4.69, 9.17) is 11.6 Å². The van der Waals surface area contributed by atoms with Crippen LogP contribution in [0, 0.1) is 0 Å². The minimum Gasteiger partial charge on any atom is -0.347 e. The second-order valence-electron chi connectivity index (χ2n) is 7.35. The molecule has 0 fully saturated rings. The number of fused-ring (bicyclic) bond motifs is 1. The first kappa shape index (κ1) is 20.2. The van der Waals surface area contributed by atoms with Crippen LogP contribution >= 0.6 is 11.6 Å². The summed E-state index contributed by atoms with van der Waals surface area (Å²) in [5.41, 5.74) is 1.94. The van der Waals surface area contributed by atoms with Crippen molar-refractivity contribution in [3.63, 3.8) is 0 Å². The quantitative estimate of drug-likeness (QED) is 0.673. The van der Waals surface area contributed by atoms with Crippen LogP contribution < -0.4 is 10.2 Å². The molecule has 30 heavy (non-hydrogen) atoms. The van der Waals surface area contributed by atoms with Crippen LogP contribution in [0.1, 0.15) is 45.1 Å². The number of nitrogens with zero attached hydrogens (tertiary/aromatic N) is 3. The lowest BCUT2D eigenvalue weighted by Crippen LogP contribution is -2.32. The molecule has 0 unspecified atom stereocenters. The van der Waals surface area contributed by atoms with Crippen molar-refractivity contribution in [1.82, 2.24) is 14.9 Å². The summed E-state index contributed by atoms with van der Waals surface area (Å²) in [4.78, 5) is 32.3. The molecular weight excluding hydrogens is 400 g/mol. The van der Waals surface area contributed by atoms with Gasteiger partial charge in [-0.1, -0.05) is 41.9 Å². The molecule has 6 nitrogen and oxygen atoms in total. The molecule has 2 amide bonds. The van der Waals surface area contributed by atoms with Crippen LogP contribution in [-0.4, -0.2) is 28.4 Å². The molecule has 1 N–H and O–H groups in total. The third-order valence-corrected chi connectivity index (χ3v) is 5.54. The second-order valence-corrected chi connectivity index (χ2v) is 7.78. The first-order chi connectivity index (χ1) is 14.5. The van der Waals surface area contributed by atoms with Crippen molar-refractivity contribution in [3.05, 3.63) is 82.3 Å². The van der Waals surface area contributed by atoms with Crippen molar-refractivity contribution < 1.29 is 9.59 Å². The molecule has 7 heteroatoms. The smallest absolute Gasteiger partial charge is 0.272 e. The second kappa shape index (κ2) is 8.71. The molecule has 0 spiro atoms. The maximum atomic E-state index is 13.2. The molecule has 154 valence electrons. The predicted molar refractivity (Wildman–Crippen MR) is 117 cm³/mol. The number of rotatable bonds is 5. The highest BCUT2D eigenvalue weighted by Crippen LogP contribution is 2.26. The Balaban J connectivity index is 1.62. The normalized spacial score (nSPS) is 12.9. The molecule has 0 saturated carbocycles. The topological polar surface area (TPSA) is 67.2 Å². The van der Waals surface area contributed by atoms with E-state index in [2.05, 4.69) is 10.3 Å². The Morgan fingerprint density at radius 3 is 2.57 bits per heavy atom. The summed E-state index contributed by atoms with van der Waals surface area (Å²) in [6.45, 7) is 1.09. The predicted octanol–water partition coefficient (Wildman–Crippen LogP) is 4.08. The number of carbonyl (C=O) groups excluding carboxylic acids is 2. The van der Waals surface area contributed by atoms with Crippen molar-refractivity contribution in [3.8, 4) is 0 Å². The zero-order valence-electron chi connectivity index (χ0n) is 16.8. The van der Waals surface area contributed by atoms with Gasteiger partial charge in [0, 0.05) is 37.1 Å². The fourth-order valence-corrected chi connectivity index (χ4v) is 3.79. The molecule has 2 heterocycles. The molecule has 2 aromatic carbocycles. The Labute approximate surface area is 180 Å². The summed E-state index contributed by atoms with van der Waals surface area (Å²) in [7, 11) is 1.67. The Morgan fingerprint density at radius 1 is 1.10 bits per heavy atom. The molecule has 0 radical (unpaired) electrons. The average Bonchev–Trinajstić information content (AvgIpc) is 3.18. The number of hydrogen-bond acceptors (Lipinski definition) is 3. The highest BCUT2D eigenvalue weighted by Gasteiger charge is 2.29. The van der Waals surface area contributed by atoms with Gasteiger partial charge in [0.1, 0.15) is 5.82 Å². The zero-order chi connectivity index (χ0) is 21.1. The molecule has 1 aliphatic rings. The highest BCUT2D eigenvalue weighted by atomic mass is 35.5. The van der Waals surface area contributed by atoms with Crippen LogP contribution in [0.3, 0.4) is 0 Å². The molecular formula is C23H23ClN4O2. The van der Waals surface area contributed by atoms with E-state index in [0.717, 1.165) is 37.2 Å². The number of aryl methyl sites for hydroxylation is 1. The summed E-state index contributed by atoms with van der Waals surface area (Å²) >= 11 is 5.93. The van der Waals surface area contributed by atoms with Crippen LogP contribution in [0.25, 0.3) is 0 Å². The molecule has 1 aromatic heterocycles. The number of amides is 2. The number of imidazole rings is 1. The lowest BCUT2D eigenvalue weighted by molar-refractivity contribution is 0.0941. The first-order valence-corrected chi connectivity index (χ1v) is 10.4. The van der Waals surface area contributed by atoms with E-state index in [0.29, 0.717) is 28.6 Å². The molecule has 1 aliphatic heterocycles. The minimum absolute atomic E-state index is 0.196. The number of hydrogen-bond donors (Lipinski definition) is 1. The fraction of sp³-hybridized carbons (Fsp3) is 0.261. The lowest BCUT2D eigenvalue weighted by Gasteiger charge is -2.19. The van der Waals surface area contributed by atoms with Crippen molar-refractivity contribution in [2.24, 2.45) is 0 Å². The van der Waals surface area contributed by atoms with Crippen molar-refractivity contribution in [1.29, 1.82) is 0 Å². The fourth-order valence-electron chi connectivity index (χ4n) is 3.67. The number of anilines is 1. The van der Waals surface area contributed by atoms with Crippen LogP contribution in [0.2, 0.25) is 5.02 Å². The number of halogens is 1. The van der Waals surface area contributed by atoms with Gasteiger partial charge >= 0.3 is 0 Å². The number of benzene rings is 2. The van der Waals surface area contributed by atoms with E-state index < -0.39 is 0 Å². The van der Waals surface area contributed by atoms with Gasteiger partial charge < -0.3 is 9.88 Å². The van der Waals surface area contributed by atoms with Crippen LogP contribution in [0.5, 0.6) is 0 Å². The number of aromatic nitrogens is 2. The van der Waals surface area contributed by atoms with Gasteiger partial charge in [-0.15, -0.1) is 0 Å². The van der Waals surface area contributed by atoms with E-state index in [9.17, 15) is 9.59 Å². The molecule has 3 aromatic rings. The van der Waals surface area contributed by atoms with E-state index in [-0.39, 0.29) is 11.8 Å². The van der Waals surface area contributed by atoms with Gasteiger partial charge in [-0.05, 0) is 42.7 Å². The van der Waals surface area contributed by atoms with E-state index in [1.807, 2.05) is 34.9 Å². The van der Waals surface area contributed by atoms with E-state index in [1.165, 1.54) is 4.90 Å². The third-order valence-electron chi connectivity index (χ3n) is 5.28. The molecule has 0 saturated heterocycles.